The van der Waals surface area contributed by atoms with E-state index in [1.807, 2.05) is 42.3 Å². The molecule has 1 rings (SSSR count). The number of carbonyl (C=O) groups excluding carboxylic acids is 2. The summed E-state index contributed by atoms with van der Waals surface area (Å²) in [7, 11) is 1.87. The summed E-state index contributed by atoms with van der Waals surface area (Å²) in [4.78, 5) is 25.2. The SMILES string of the molecule is CC(C)OC(=O)CC(=O)OC(C)(C)N(C)Cc1ccccc1. The second kappa shape index (κ2) is 7.94. The van der Waals surface area contributed by atoms with Gasteiger partial charge < -0.3 is 9.47 Å². The van der Waals surface area contributed by atoms with Gasteiger partial charge in [0.15, 0.2) is 5.72 Å². The molecule has 0 atom stereocenters. The largest absolute Gasteiger partial charge is 0.463 e. The Bertz CT molecular complexity index is 497. The molecule has 0 aliphatic heterocycles. The summed E-state index contributed by atoms with van der Waals surface area (Å²) in [5, 5.41) is 0. The number of benzene rings is 1. The predicted molar refractivity (Wildman–Crippen MR) is 83.9 cm³/mol. The monoisotopic (exact) mass is 307 g/mol. The highest BCUT2D eigenvalue weighted by Crippen LogP contribution is 2.18. The zero-order valence-corrected chi connectivity index (χ0v) is 14.0. The first kappa shape index (κ1) is 18.2. The molecule has 0 radical (unpaired) electrons. The van der Waals surface area contributed by atoms with Gasteiger partial charge in [0.05, 0.1) is 6.10 Å². The van der Waals surface area contributed by atoms with Crippen LogP contribution in [0.25, 0.3) is 0 Å². The number of hydrogen-bond donors (Lipinski definition) is 0. The number of carbonyl (C=O) groups is 2. The molecule has 5 heteroatoms. The summed E-state index contributed by atoms with van der Waals surface area (Å²) in [5.41, 5.74) is 0.304. The average Bonchev–Trinajstić information content (AvgIpc) is 2.37. The van der Waals surface area contributed by atoms with Crippen LogP contribution in [0.3, 0.4) is 0 Å². The minimum atomic E-state index is -0.814. The van der Waals surface area contributed by atoms with Crippen molar-refractivity contribution < 1.29 is 19.1 Å². The lowest BCUT2D eigenvalue weighted by molar-refractivity contribution is -0.179. The van der Waals surface area contributed by atoms with Crippen LogP contribution in [0.2, 0.25) is 0 Å². The summed E-state index contributed by atoms with van der Waals surface area (Å²) < 4.78 is 10.3. The van der Waals surface area contributed by atoms with Crippen LogP contribution >= 0.6 is 0 Å². The minimum absolute atomic E-state index is 0.242. The first-order valence-corrected chi connectivity index (χ1v) is 7.37. The maximum absolute atomic E-state index is 11.9. The van der Waals surface area contributed by atoms with E-state index in [1.54, 1.807) is 27.7 Å². The Kier molecular flexibility index (Phi) is 6.56. The molecule has 0 N–H and O–H groups in total. The van der Waals surface area contributed by atoms with Crippen molar-refractivity contribution in [3.63, 3.8) is 0 Å². The molecule has 0 aliphatic rings. The highest BCUT2D eigenvalue weighted by molar-refractivity contribution is 5.91. The molecule has 0 saturated heterocycles. The third kappa shape index (κ3) is 6.26. The highest BCUT2D eigenvalue weighted by Gasteiger charge is 2.29. The molecule has 22 heavy (non-hydrogen) atoms. The zero-order valence-electron chi connectivity index (χ0n) is 14.0. The van der Waals surface area contributed by atoms with Crippen molar-refractivity contribution in [2.24, 2.45) is 0 Å². The van der Waals surface area contributed by atoms with Gasteiger partial charge in [-0.3, -0.25) is 14.5 Å². The number of ether oxygens (including phenoxy) is 2. The molecule has 1 aromatic carbocycles. The van der Waals surface area contributed by atoms with E-state index in [9.17, 15) is 9.59 Å². The number of esters is 2. The quantitative estimate of drug-likeness (QED) is 0.440. The zero-order chi connectivity index (χ0) is 16.8. The van der Waals surface area contributed by atoms with E-state index in [4.69, 9.17) is 9.47 Å². The normalized spacial score (nSPS) is 11.6. The van der Waals surface area contributed by atoms with E-state index >= 15 is 0 Å². The van der Waals surface area contributed by atoms with E-state index in [1.165, 1.54) is 0 Å². The topological polar surface area (TPSA) is 55.8 Å². The number of nitrogens with zero attached hydrogens (tertiary/aromatic N) is 1. The van der Waals surface area contributed by atoms with Gasteiger partial charge >= 0.3 is 11.9 Å². The van der Waals surface area contributed by atoms with Crippen molar-refractivity contribution >= 4 is 11.9 Å². The Labute approximate surface area is 132 Å². The Morgan fingerprint density at radius 2 is 1.73 bits per heavy atom. The van der Waals surface area contributed by atoms with E-state index in [-0.39, 0.29) is 12.5 Å². The third-order valence-electron chi connectivity index (χ3n) is 3.20. The molecule has 5 nitrogen and oxygen atoms in total. The molecule has 1 aromatic rings. The molecule has 0 saturated carbocycles. The van der Waals surface area contributed by atoms with Gasteiger partial charge in [-0.2, -0.15) is 0 Å². The second-order valence-electron chi connectivity index (χ2n) is 5.98. The van der Waals surface area contributed by atoms with Gasteiger partial charge in [-0.15, -0.1) is 0 Å². The first-order valence-electron chi connectivity index (χ1n) is 7.37. The van der Waals surface area contributed by atoms with Crippen LogP contribution < -0.4 is 0 Å². The van der Waals surface area contributed by atoms with Crippen molar-refractivity contribution in [2.75, 3.05) is 7.05 Å². The van der Waals surface area contributed by atoms with E-state index in [0.29, 0.717) is 6.54 Å². The predicted octanol–water partition coefficient (Wildman–Crippen LogP) is 2.74. The van der Waals surface area contributed by atoms with Gasteiger partial charge in [0.1, 0.15) is 6.42 Å². The van der Waals surface area contributed by atoms with Crippen LogP contribution in [-0.2, 0) is 25.6 Å². The Balaban J connectivity index is 2.54. The van der Waals surface area contributed by atoms with Gasteiger partial charge in [0.2, 0.25) is 0 Å². The fourth-order valence-corrected chi connectivity index (χ4v) is 1.86. The van der Waals surface area contributed by atoms with Crippen LogP contribution in [-0.4, -0.2) is 35.7 Å². The molecule has 0 aliphatic carbocycles. The van der Waals surface area contributed by atoms with Crippen LogP contribution in [0, 0.1) is 0 Å². The lowest BCUT2D eigenvalue weighted by Crippen LogP contribution is -2.44. The maximum Gasteiger partial charge on any atom is 0.318 e. The first-order chi connectivity index (χ1) is 10.2. The molecule has 0 unspecified atom stereocenters. The number of hydrogen-bond acceptors (Lipinski definition) is 5. The van der Waals surface area contributed by atoms with E-state index < -0.39 is 17.7 Å². The van der Waals surface area contributed by atoms with Crippen LogP contribution in [0.1, 0.15) is 39.7 Å². The highest BCUT2D eigenvalue weighted by atomic mass is 16.6. The summed E-state index contributed by atoms with van der Waals surface area (Å²) in [6.07, 6.45) is -0.616. The lowest BCUT2D eigenvalue weighted by atomic mass is 10.2. The van der Waals surface area contributed by atoms with Gasteiger partial charge in [0, 0.05) is 6.54 Å². The van der Waals surface area contributed by atoms with Crippen LogP contribution in [0.4, 0.5) is 0 Å². The fraction of sp³-hybridized carbons (Fsp3) is 0.529. The van der Waals surface area contributed by atoms with Crippen LogP contribution in [0.5, 0.6) is 0 Å². The number of rotatable bonds is 7. The van der Waals surface area contributed by atoms with Crippen molar-refractivity contribution in [1.29, 1.82) is 0 Å². The minimum Gasteiger partial charge on any atom is -0.463 e. The average molecular weight is 307 g/mol. The molecular weight excluding hydrogens is 282 g/mol. The Morgan fingerprint density at radius 3 is 2.27 bits per heavy atom. The van der Waals surface area contributed by atoms with Gasteiger partial charge in [0.25, 0.3) is 0 Å². The van der Waals surface area contributed by atoms with Gasteiger partial charge in [-0.1, -0.05) is 30.3 Å². The smallest absolute Gasteiger partial charge is 0.318 e. The summed E-state index contributed by atoms with van der Waals surface area (Å²) in [6, 6.07) is 9.89. The Morgan fingerprint density at radius 1 is 1.14 bits per heavy atom. The summed E-state index contributed by atoms with van der Waals surface area (Å²) in [5.74, 6) is -1.16. The molecule has 122 valence electrons. The summed E-state index contributed by atoms with van der Waals surface area (Å²) in [6.45, 7) is 7.70. The van der Waals surface area contributed by atoms with E-state index in [0.717, 1.165) is 5.56 Å². The lowest BCUT2D eigenvalue weighted by Gasteiger charge is -2.35. The molecule has 0 heterocycles. The molecule has 0 bridgehead atoms. The fourth-order valence-electron chi connectivity index (χ4n) is 1.86. The van der Waals surface area contributed by atoms with Crippen LogP contribution in [0.15, 0.2) is 30.3 Å². The van der Waals surface area contributed by atoms with Crippen molar-refractivity contribution in [1.82, 2.24) is 4.90 Å². The third-order valence-corrected chi connectivity index (χ3v) is 3.20. The van der Waals surface area contributed by atoms with Crippen molar-refractivity contribution in [3.05, 3.63) is 35.9 Å². The van der Waals surface area contributed by atoms with Crippen molar-refractivity contribution in [3.8, 4) is 0 Å². The Hall–Kier alpha value is -1.88. The molecular formula is C17H25NO4. The molecule has 0 amide bonds. The standard InChI is InChI=1S/C17H25NO4/c1-13(2)21-15(19)11-16(20)22-17(3,4)18(5)12-14-9-7-6-8-10-14/h6-10,13H,11-12H2,1-5H3. The van der Waals surface area contributed by atoms with E-state index in [2.05, 4.69) is 0 Å². The maximum atomic E-state index is 11.9. The molecule has 0 fully saturated rings. The second-order valence-corrected chi connectivity index (χ2v) is 5.98. The van der Waals surface area contributed by atoms with Gasteiger partial charge in [-0.25, -0.2) is 0 Å². The van der Waals surface area contributed by atoms with Crippen molar-refractivity contribution in [2.45, 2.75) is 52.5 Å². The molecule has 0 spiro atoms. The molecule has 0 aromatic heterocycles. The van der Waals surface area contributed by atoms with Gasteiger partial charge in [-0.05, 0) is 40.3 Å². The summed E-state index contributed by atoms with van der Waals surface area (Å²) >= 11 is 0.